The summed E-state index contributed by atoms with van der Waals surface area (Å²) < 4.78 is 6.55. The summed E-state index contributed by atoms with van der Waals surface area (Å²) in [6.45, 7) is 10.4. The Balaban J connectivity index is 2.51. The van der Waals surface area contributed by atoms with Crippen molar-refractivity contribution < 1.29 is 9.53 Å². The largest absolute Gasteiger partial charge is 0.444 e. The van der Waals surface area contributed by atoms with E-state index in [1.165, 1.54) is 5.56 Å². The van der Waals surface area contributed by atoms with E-state index in [0.717, 1.165) is 17.3 Å². The van der Waals surface area contributed by atoms with Gasteiger partial charge in [0.25, 0.3) is 0 Å². The van der Waals surface area contributed by atoms with Gasteiger partial charge in [0.2, 0.25) is 0 Å². The van der Waals surface area contributed by atoms with E-state index in [1.54, 1.807) is 4.90 Å². The van der Waals surface area contributed by atoms with Gasteiger partial charge >= 0.3 is 6.09 Å². The summed E-state index contributed by atoms with van der Waals surface area (Å²) in [5.74, 6) is 0. The topological polar surface area (TPSA) is 29.5 Å². The van der Waals surface area contributed by atoms with E-state index in [1.807, 2.05) is 46.8 Å². The van der Waals surface area contributed by atoms with Gasteiger partial charge < -0.3 is 9.64 Å². The minimum atomic E-state index is -0.448. The second-order valence-corrected chi connectivity index (χ2v) is 7.41. The van der Waals surface area contributed by atoms with Crippen molar-refractivity contribution in [3.8, 4) is 0 Å². The Bertz CT molecular complexity index is 449. The first-order valence-electron chi connectivity index (χ1n) is 7.43. The molecule has 3 nitrogen and oxygen atoms in total. The van der Waals surface area contributed by atoms with E-state index in [-0.39, 0.29) is 12.1 Å². The minimum absolute atomic E-state index is 0.143. The van der Waals surface area contributed by atoms with E-state index in [2.05, 4.69) is 28.1 Å². The molecular weight excluding hydrogens is 330 g/mol. The highest BCUT2D eigenvalue weighted by Crippen LogP contribution is 2.15. The van der Waals surface area contributed by atoms with E-state index in [9.17, 15) is 4.79 Å². The average Bonchev–Trinajstić information content (AvgIpc) is 2.34. The van der Waals surface area contributed by atoms with Gasteiger partial charge in [0.1, 0.15) is 5.60 Å². The molecule has 0 aliphatic rings. The van der Waals surface area contributed by atoms with E-state index in [4.69, 9.17) is 4.74 Å². The highest BCUT2D eigenvalue weighted by Gasteiger charge is 2.23. The Morgan fingerprint density at radius 1 is 1.24 bits per heavy atom. The molecule has 0 heterocycles. The van der Waals surface area contributed by atoms with Crippen molar-refractivity contribution in [2.24, 2.45) is 0 Å². The Labute approximate surface area is 136 Å². The van der Waals surface area contributed by atoms with Crippen molar-refractivity contribution in [2.75, 3.05) is 6.54 Å². The van der Waals surface area contributed by atoms with E-state index < -0.39 is 5.60 Å². The zero-order chi connectivity index (χ0) is 16.0. The number of aryl methyl sites for hydroxylation is 1. The number of carbonyl (C=O) groups excluding carboxylic acids is 1. The predicted molar refractivity (Wildman–Crippen MR) is 90.5 cm³/mol. The van der Waals surface area contributed by atoms with Crippen LogP contribution in [0.15, 0.2) is 28.7 Å². The summed E-state index contributed by atoms with van der Waals surface area (Å²) in [5, 5.41) is 0. The lowest BCUT2D eigenvalue weighted by molar-refractivity contribution is 0.0189. The number of ether oxygens (including phenoxy) is 1. The van der Waals surface area contributed by atoms with Crippen molar-refractivity contribution in [1.29, 1.82) is 0 Å². The highest BCUT2D eigenvalue weighted by atomic mass is 79.9. The molecule has 0 unspecified atom stereocenters. The molecule has 118 valence electrons. The molecule has 1 aromatic rings. The van der Waals surface area contributed by atoms with Crippen LogP contribution in [0, 0.1) is 0 Å². The van der Waals surface area contributed by atoms with Gasteiger partial charge in [0, 0.05) is 17.1 Å². The molecule has 0 N–H and O–H groups in total. The molecule has 0 aliphatic heterocycles. The lowest BCUT2D eigenvalue weighted by Gasteiger charge is -2.30. The normalized spacial score (nSPS) is 11.6. The van der Waals surface area contributed by atoms with Gasteiger partial charge in [-0.05, 0) is 65.2 Å². The summed E-state index contributed by atoms with van der Waals surface area (Å²) >= 11 is 3.43. The van der Waals surface area contributed by atoms with Crippen molar-refractivity contribution in [3.63, 3.8) is 0 Å². The van der Waals surface area contributed by atoms with Crippen molar-refractivity contribution in [3.05, 3.63) is 34.3 Å². The lowest BCUT2D eigenvalue weighted by atomic mass is 10.1. The van der Waals surface area contributed by atoms with Crippen molar-refractivity contribution in [2.45, 2.75) is 59.1 Å². The number of hydrogen-bond donors (Lipinski definition) is 0. The van der Waals surface area contributed by atoms with Crippen LogP contribution in [0.4, 0.5) is 4.79 Å². The Kier molecular flexibility index (Phi) is 6.72. The molecule has 0 aliphatic carbocycles. The molecule has 1 amide bonds. The number of amides is 1. The minimum Gasteiger partial charge on any atom is -0.444 e. The predicted octanol–water partition coefficient (Wildman–Crippen LogP) is 5.03. The summed E-state index contributed by atoms with van der Waals surface area (Å²) in [6.07, 6.45) is 1.66. The van der Waals surface area contributed by atoms with Crippen LogP contribution in [0.25, 0.3) is 0 Å². The van der Waals surface area contributed by atoms with Gasteiger partial charge in [-0.15, -0.1) is 0 Å². The first kappa shape index (κ1) is 18.0. The van der Waals surface area contributed by atoms with Gasteiger partial charge in [-0.2, -0.15) is 0 Å². The zero-order valence-electron chi connectivity index (χ0n) is 13.6. The summed E-state index contributed by atoms with van der Waals surface area (Å²) in [5.41, 5.74) is 0.835. The van der Waals surface area contributed by atoms with Gasteiger partial charge in [0.05, 0.1) is 0 Å². The first-order valence-corrected chi connectivity index (χ1v) is 8.22. The SMILES string of the molecule is CC(C)N(CCCc1ccc(Br)cc1)C(=O)OC(C)(C)C. The molecule has 0 radical (unpaired) electrons. The Morgan fingerprint density at radius 2 is 1.81 bits per heavy atom. The van der Waals surface area contributed by atoms with Crippen LogP contribution in [0.5, 0.6) is 0 Å². The average molecular weight is 356 g/mol. The second kappa shape index (κ2) is 7.83. The summed E-state index contributed by atoms with van der Waals surface area (Å²) in [4.78, 5) is 14.0. The fourth-order valence-electron chi connectivity index (χ4n) is 1.99. The monoisotopic (exact) mass is 355 g/mol. The third-order valence-electron chi connectivity index (χ3n) is 3.03. The molecule has 0 saturated heterocycles. The molecule has 0 saturated carbocycles. The maximum absolute atomic E-state index is 12.2. The molecule has 21 heavy (non-hydrogen) atoms. The van der Waals surface area contributed by atoms with Crippen LogP contribution in [-0.4, -0.2) is 29.2 Å². The van der Waals surface area contributed by atoms with E-state index >= 15 is 0 Å². The maximum Gasteiger partial charge on any atom is 0.410 e. The molecule has 1 rings (SSSR count). The lowest BCUT2D eigenvalue weighted by Crippen LogP contribution is -2.41. The Morgan fingerprint density at radius 3 is 2.29 bits per heavy atom. The number of benzene rings is 1. The first-order chi connectivity index (χ1) is 9.69. The molecule has 0 aromatic heterocycles. The third kappa shape index (κ3) is 6.98. The van der Waals surface area contributed by atoms with Gasteiger partial charge in [-0.3, -0.25) is 0 Å². The fraction of sp³-hybridized carbons (Fsp3) is 0.588. The van der Waals surface area contributed by atoms with E-state index in [0.29, 0.717) is 6.54 Å². The molecular formula is C17H26BrNO2. The molecule has 0 spiro atoms. The van der Waals surface area contributed by atoms with Crippen LogP contribution in [0.3, 0.4) is 0 Å². The van der Waals surface area contributed by atoms with Gasteiger partial charge in [0.15, 0.2) is 0 Å². The number of nitrogens with zero attached hydrogens (tertiary/aromatic N) is 1. The van der Waals surface area contributed by atoms with Crippen molar-refractivity contribution >= 4 is 22.0 Å². The number of rotatable bonds is 5. The third-order valence-corrected chi connectivity index (χ3v) is 3.56. The highest BCUT2D eigenvalue weighted by molar-refractivity contribution is 9.10. The van der Waals surface area contributed by atoms with Gasteiger partial charge in [-0.1, -0.05) is 28.1 Å². The number of halogens is 1. The van der Waals surface area contributed by atoms with Crippen LogP contribution >= 0.6 is 15.9 Å². The number of carbonyl (C=O) groups is 1. The molecule has 4 heteroatoms. The summed E-state index contributed by atoms with van der Waals surface area (Å²) in [6, 6.07) is 8.45. The second-order valence-electron chi connectivity index (χ2n) is 6.50. The fourth-order valence-corrected chi connectivity index (χ4v) is 2.25. The standard InChI is InChI=1S/C17H26BrNO2/c1-13(2)19(16(20)21-17(3,4)5)12-6-7-14-8-10-15(18)11-9-14/h8-11,13H,6-7,12H2,1-5H3. The molecule has 0 bridgehead atoms. The number of hydrogen-bond acceptors (Lipinski definition) is 2. The maximum atomic E-state index is 12.2. The van der Waals surface area contributed by atoms with Crippen LogP contribution in [0.1, 0.15) is 46.6 Å². The molecule has 0 atom stereocenters. The summed E-state index contributed by atoms with van der Waals surface area (Å²) in [7, 11) is 0. The Hall–Kier alpha value is -1.03. The quantitative estimate of drug-likeness (QED) is 0.741. The smallest absolute Gasteiger partial charge is 0.410 e. The van der Waals surface area contributed by atoms with Crippen LogP contribution in [0.2, 0.25) is 0 Å². The zero-order valence-corrected chi connectivity index (χ0v) is 15.2. The van der Waals surface area contributed by atoms with Crippen LogP contribution in [-0.2, 0) is 11.2 Å². The molecule has 0 fully saturated rings. The van der Waals surface area contributed by atoms with Gasteiger partial charge in [-0.25, -0.2) is 4.79 Å². The van der Waals surface area contributed by atoms with Crippen molar-refractivity contribution in [1.82, 2.24) is 4.90 Å². The molecule has 1 aromatic carbocycles. The van der Waals surface area contributed by atoms with Crippen LogP contribution < -0.4 is 0 Å².